The third-order valence-corrected chi connectivity index (χ3v) is 4.71. The molecule has 92 valence electrons. The number of hydrogen-bond acceptors (Lipinski definition) is 3. The summed E-state index contributed by atoms with van der Waals surface area (Å²) in [6, 6.07) is 0. The van der Waals surface area contributed by atoms with Crippen LogP contribution >= 0.6 is 0 Å². The van der Waals surface area contributed by atoms with Crippen molar-refractivity contribution in [1.29, 1.82) is 0 Å². The van der Waals surface area contributed by atoms with Crippen molar-refractivity contribution >= 4 is 5.91 Å². The molecular weight excluding hydrogens is 204 g/mol. The number of carbonyl (C=O) groups is 1. The van der Waals surface area contributed by atoms with Crippen molar-refractivity contribution in [3.8, 4) is 0 Å². The Bertz CT molecular complexity index is 303. The first-order valence-corrected chi connectivity index (χ1v) is 6.11. The van der Waals surface area contributed by atoms with Gasteiger partial charge in [0.25, 0.3) is 0 Å². The van der Waals surface area contributed by atoms with Crippen LogP contribution in [0.4, 0.5) is 0 Å². The Morgan fingerprint density at radius 2 is 2.25 bits per heavy atom. The van der Waals surface area contributed by atoms with E-state index in [2.05, 4.69) is 19.2 Å². The highest BCUT2D eigenvalue weighted by atomic mass is 16.3. The number of hydrogen-bond donors (Lipinski definition) is 3. The number of carbonyl (C=O) groups excluding carboxylic acids is 1. The normalized spacial score (nSPS) is 40.0. The van der Waals surface area contributed by atoms with Gasteiger partial charge in [-0.25, -0.2) is 0 Å². The molecule has 0 aliphatic heterocycles. The number of nitrogens with one attached hydrogen (secondary N) is 1. The summed E-state index contributed by atoms with van der Waals surface area (Å²) in [6.07, 6.45) is 2.19. The first-order valence-electron chi connectivity index (χ1n) is 6.11. The van der Waals surface area contributed by atoms with Gasteiger partial charge in [0.05, 0.1) is 11.5 Å². The van der Waals surface area contributed by atoms with Crippen LogP contribution in [-0.4, -0.2) is 30.2 Å². The van der Waals surface area contributed by atoms with Crippen molar-refractivity contribution in [1.82, 2.24) is 5.32 Å². The molecule has 2 aliphatic carbocycles. The third-order valence-electron chi connectivity index (χ3n) is 4.71. The molecule has 0 aromatic rings. The monoisotopic (exact) mass is 226 g/mol. The Morgan fingerprint density at radius 1 is 1.56 bits per heavy atom. The van der Waals surface area contributed by atoms with Crippen molar-refractivity contribution in [2.45, 2.75) is 39.2 Å². The number of aliphatic hydroxyl groups excluding tert-OH is 1. The summed E-state index contributed by atoms with van der Waals surface area (Å²) in [6.45, 7) is 5.09. The SMILES string of the molecule is CC1(C)[C@@H]2CC[C@](C(=O)NCCN)(C2)[C@@H]1O. The molecule has 0 unspecified atom stereocenters. The van der Waals surface area contributed by atoms with E-state index in [1.807, 2.05) is 0 Å². The van der Waals surface area contributed by atoms with Crippen LogP contribution in [0.5, 0.6) is 0 Å². The molecule has 4 N–H and O–H groups in total. The molecule has 4 heteroatoms. The quantitative estimate of drug-likeness (QED) is 0.645. The molecule has 2 saturated carbocycles. The van der Waals surface area contributed by atoms with Gasteiger partial charge in [-0.2, -0.15) is 0 Å². The van der Waals surface area contributed by atoms with Crippen molar-refractivity contribution < 1.29 is 9.90 Å². The fraction of sp³-hybridized carbons (Fsp3) is 0.917. The lowest BCUT2D eigenvalue weighted by Crippen LogP contribution is -2.50. The Hall–Kier alpha value is -0.610. The Labute approximate surface area is 96.6 Å². The predicted octanol–water partition coefficient (Wildman–Crippen LogP) is 0.249. The minimum Gasteiger partial charge on any atom is -0.391 e. The average molecular weight is 226 g/mol. The highest BCUT2D eigenvalue weighted by molar-refractivity contribution is 5.84. The molecular formula is C12H22N2O2. The molecule has 0 aromatic heterocycles. The van der Waals surface area contributed by atoms with Crippen LogP contribution in [0.3, 0.4) is 0 Å². The minimum absolute atomic E-state index is 0.00137. The van der Waals surface area contributed by atoms with Gasteiger partial charge in [0.1, 0.15) is 0 Å². The van der Waals surface area contributed by atoms with Gasteiger partial charge in [-0.3, -0.25) is 4.79 Å². The van der Waals surface area contributed by atoms with Crippen LogP contribution in [0.25, 0.3) is 0 Å². The summed E-state index contributed by atoms with van der Waals surface area (Å²) in [5, 5.41) is 13.2. The summed E-state index contributed by atoms with van der Waals surface area (Å²) < 4.78 is 0. The van der Waals surface area contributed by atoms with Crippen LogP contribution in [0.1, 0.15) is 33.1 Å². The lowest BCUT2D eigenvalue weighted by atomic mass is 9.69. The number of nitrogens with two attached hydrogens (primary N) is 1. The van der Waals surface area contributed by atoms with Crippen LogP contribution < -0.4 is 11.1 Å². The van der Waals surface area contributed by atoms with Crippen molar-refractivity contribution in [2.24, 2.45) is 22.5 Å². The molecule has 0 radical (unpaired) electrons. The molecule has 2 rings (SSSR count). The van der Waals surface area contributed by atoms with Crippen LogP contribution in [0, 0.1) is 16.7 Å². The zero-order valence-corrected chi connectivity index (χ0v) is 10.1. The van der Waals surface area contributed by atoms with E-state index in [1.54, 1.807) is 0 Å². The van der Waals surface area contributed by atoms with Gasteiger partial charge < -0.3 is 16.2 Å². The number of aliphatic hydroxyl groups is 1. The second-order valence-corrected chi connectivity index (χ2v) is 5.86. The first-order chi connectivity index (χ1) is 7.45. The van der Waals surface area contributed by atoms with Crippen molar-refractivity contribution in [2.75, 3.05) is 13.1 Å². The number of fused-ring (bicyclic) bond motifs is 2. The number of rotatable bonds is 3. The molecule has 0 heterocycles. The van der Waals surface area contributed by atoms with Gasteiger partial charge in [-0.1, -0.05) is 13.8 Å². The van der Waals surface area contributed by atoms with Gasteiger partial charge in [0.2, 0.25) is 5.91 Å². The highest BCUT2D eigenvalue weighted by Gasteiger charge is 2.64. The summed E-state index contributed by atoms with van der Waals surface area (Å²) in [5.74, 6) is 0.477. The molecule has 3 atom stereocenters. The first kappa shape index (κ1) is 11.9. The van der Waals surface area contributed by atoms with Crippen molar-refractivity contribution in [3.05, 3.63) is 0 Å². The van der Waals surface area contributed by atoms with E-state index in [4.69, 9.17) is 5.73 Å². The maximum atomic E-state index is 12.2. The van der Waals surface area contributed by atoms with Gasteiger partial charge in [0, 0.05) is 13.1 Å². The van der Waals surface area contributed by atoms with E-state index in [9.17, 15) is 9.90 Å². The van der Waals surface area contributed by atoms with Crippen molar-refractivity contribution in [3.63, 3.8) is 0 Å². The second-order valence-electron chi connectivity index (χ2n) is 5.86. The molecule has 4 nitrogen and oxygen atoms in total. The molecule has 16 heavy (non-hydrogen) atoms. The second kappa shape index (κ2) is 3.70. The molecule has 1 amide bonds. The minimum atomic E-state index is -0.538. The predicted molar refractivity (Wildman–Crippen MR) is 61.6 cm³/mol. The van der Waals surface area contributed by atoms with E-state index in [-0.39, 0.29) is 11.3 Å². The molecule has 2 aliphatic rings. The maximum absolute atomic E-state index is 12.2. The van der Waals surface area contributed by atoms with Crippen LogP contribution in [0.2, 0.25) is 0 Å². The topological polar surface area (TPSA) is 75.4 Å². The molecule has 0 spiro atoms. The van der Waals surface area contributed by atoms with Gasteiger partial charge in [-0.15, -0.1) is 0 Å². The zero-order valence-electron chi connectivity index (χ0n) is 10.1. The van der Waals surface area contributed by atoms with E-state index in [0.29, 0.717) is 19.0 Å². The zero-order chi connectivity index (χ0) is 12.0. The van der Waals surface area contributed by atoms with Crippen LogP contribution in [0.15, 0.2) is 0 Å². The maximum Gasteiger partial charge on any atom is 0.228 e. The summed E-state index contributed by atoms with van der Waals surface area (Å²) >= 11 is 0. The Balaban J connectivity index is 2.17. The fourth-order valence-electron chi connectivity index (χ4n) is 3.59. The van der Waals surface area contributed by atoms with E-state index >= 15 is 0 Å². The standard InChI is InChI=1S/C12H22N2O2/c1-11(2)8-3-4-12(7-8,9(11)15)10(16)14-6-5-13/h8-9,15H,3-7,13H2,1-2H3,(H,14,16)/t8-,9-,12+/m1/s1. The fourth-order valence-corrected chi connectivity index (χ4v) is 3.59. The smallest absolute Gasteiger partial charge is 0.228 e. The summed E-state index contributed by atoms with van der Waals surface area (Å²) in [4.78, 5) is 12.2. The molecule has 2 bridgehead atoms. The lowest BCUT2D eigenvalue weighted by molar-refractivity contribution is -0.140. The van der Waals surface area contributed by atoms with E-state index in [1.165, 1.54) is 0 Å². The molecule has 0 aromatic carbocycles. The van der Waals surface area contributed by atoms with E-state index < -0.39 is 11.5 Å². The Morgan fingerprint density at radius 3 is 2.75 bits per heavy atom. The lowest BCUT2D eigenvalue weighted by Gasteiger charge is -2.39. The molecule has 0 saturated heterocycles. The average Bonchev–Trinajstić information content (AvgIpc) is 2.76. The number of amides is 1. The van der Waals surface area contributed by atoms with Gasteiger partial charge in [-0.05, 0) is 30.6 Å². The van der Waals surface area contributed by atoms with Gasteiger partial charge in [0.15, 0.2) is 0 Å². The Kier molecular flexibility index (Phi) is 2.75. The summed E-state index contributed by atoms with van der Waals surface area (Å²) in [5.41, 5.74) is 4.72. The van der Waals surface area contributed by atoms with Gasteiger partial charge >= 0.3 is 0 Å². The molecule has 2 fully saturated rings. The largest absolute Gasteiger partial charge is 0.391 e. The highest BCUT2D eigenvalue weighted by Crippen LogP contribution is 2.62. The third kappa shape index (κ3) is 1.39. The van der Waals surface area contributed by atoms with E-state index in [0.717, 1.165) is 19.3 Å². The van der Waals surface area contributed by atoms with Crippen LogP contribution in [-0.2, 0) is 4.79 Å². The summed E-state index contributed by atoms with van der Waals surface area (Å²) in [7, 11) is 0.